The van der Waals surface area contributed by atoms with Crippen LogP contribution in [0.2, 0.25) is 0 Å². The van der Waals surface area contributed by atoms with Crippen molar-refractivity contribution in [1.82, 2.24) is 4.98 Å². The summed E-state index contributed by atoms with van der Waals surface area (Å²) in [6, 6.07) is 3.34. The number of rotatable bonds is 7. The van der Waals surface area contributed by atoms with Crippen LogP contribution in [0.15, 0.2) is 18.3 Å². The maximum absolute atomic E-state index is 11.1. The van der Waals surface area contributed by atoms with Crippen LogP contribution < -0.4 is 11.1 Å². The Balaban J connectivity index is 2.39. The van der Waals surface area contributed by atoms with Crippen molar-refractivity contribution < 1.29 is 9.53 Å². The summed E-state index contributed by atoms with van der Waals surface area (Å²) >= 11 is 0. The lowest BCUT2D eigenvalue weighted by Crippen LogP contribution is -2.16. The zero-order valence-electron chi connectivity index (χ0n) is 10.3. The molecular weight excluding hydrogens is 218 g/mol. The fourth-order valence-corrected chi connectivity index (χ4v) is 1.34. The average molecular weight is 237 g/mol. The van der Waals surface area contributed by atoms with Gasteiger partial charge in [0.1, 0.15) is 5.82 Å². The average Bonchev–Trinajstić information content (AvgIpc) is 2.28. The van der Waals surface area contributed by atoms with Crippen molar-refractivity contribution in [3.8, 4) is 0 Å². The third kappa shape index (κ3) is 4.82. The van der Waals surface area contributed by atoms with Crippen LogP contribution >= 0.6 is 0 Å². The van der Waals surface area contributed by atoms with Crippen LogP contribution in [-0.4, -0.2) is 30.1 Å². The summed E-state index contributed by atoms with van der Waals surface area (Å²) < 4.78 is 5.41. The number of carbonyl (C=O) groups is 1. The van der Waals surface area contributed by atoms with E-state index in [-0.39, 0.29) is 6.10 Å². The van der Waals surface area contributed by atoms with Crippen LogP contribution in [-0.2, 0) is 4.74 Å². The molecule has 1 amide bonds. The number of hydrogen-bond donors (Lipinski definition) is 2. The van der Waals surface area contributed by atoms with Gasteiger partial charge in [-0.1, -0.05) is 0 Å². The molecule has 0 spiro atoms. The number of nitrogens with two attached hydrogens (primary N) is 1. The van der Waals surface area contributed by atoms with E-state index < -0.39 is 5.91 Å². The largest absolute Gasteiger partial charge is 0.379 e. The smallest absolute Gasteiger partial charge is 0.252 e. The van der Waals surface area contributed by atoms with Gasteiger partial charge < -0.3 is 15.8 Å². The number of amides is 1. The molecule has 0 saturated heterocycles. The molecule has 0 fully saturated rings. The SMILES string of the molecule is CC(C)OCCCNc1ncccc1C(N)=O. The van der Waals surface area contributed by atoms with Crippen molar-refractivity contribution >= 4 is 11.7 Å². The molecular formula is C12H19N3O2. The second-order valence-electron chi connectivity index (χ2n) is 3.96. The van der Waals surface area contributed by atoms with Crippen LogP contribution in [0.4, 0.5) is 5.82 Å². The van der Waals surface area contributed by atoms with Gasteiger partial charge >= 0.3 is 0 Å². The first kappa shape index (κ1) is 13.4. The third-order valence-electron chi connectivity index (χ3n) is 2.14. The van der Waals surface area contributed by atoms with Gasteiger partial charge in [-0.3, -0.25) is 4.79 Å². The van der Waals surface area contributed by atoms with Gasteiger partial charge in [-0.25, -0.2) is 4.98 Å². The second kappa shape index (κ2) is 6.85. The number of aromatic nitrogens is 1. The molecule has 1 heterocycles. The molecule has 0 bridgehead atoms. The van der Waals surface area contributed by atoms with E-state index in [9.17, 15) is 4.79 Å². The fourth-order valence-electron chi connectivity index (χ4n) is 1.34. The van der Waals surface area contributed by atoms with Crippen LogP contribution in [0.1, 0.15) is 30.6 Å². The standard InChI is InChI=1S/C12H19N3O2/c1-9(2)17-8-4-7-15-12-10(11(13)16)5-3-6-14-12/h3,5-6,9H,4,7-8H2,1-2H3,(H2,13,16)(H,14,15). The molecule has 1 aromatic heterocycles. The second-order valence-corrected chi connectivity index (χ2v) is 3.96. The highest BCUT2D eigenvalue weighted by atomic mass is 16.5. The Labute approximate surface area is 101 Å². The van der Waals surface area contributed by atoms with Gasteiger partial charge in [-0.05, 0) is 32.4 Å². The quantitative estimate of drug-likeness (QED) is 0.703. The summed E-state index contributed by atoms with van der Waals surface area (Å²) in [5.74, 6) is 0.0589. The minimum absolute atomic E-state index is 0.242. The van der Waals surface area contributed by atoms with Crippen molar-refractivity contribution in [2.75, 3.05) is 18.5 Å². The molecule has 0 radical (unpaired) electrons. The topological polar surface area (TPSA) is 77.2 Å². The predicted octanol–water partition coefficient (Wildman–Crippen LogP) is 1.41. The Kier molecular flexibility index (Phi) is 5.42. The van der Waals surface area contributed by atoms with Gasteiger partial charge in [0.05, 0.1) is 11.7 Å². The van der Waals surface area contributed by atoms with Crippen LogP contribution in [0, 0.1) is 0 Å². The van der Waals surface area contributed by atoms with Gasteiger partial charge in [0.25, 0.3) is 5.91 Å². The number of ether oxygens (including phenoxy) is 1. The van der Waals surface area contributed by atoms with E-state index in [0.717, 1.165) is 6.42 Å². The normalized spacial score (nSPS) is 10.5. The number of nitrogens with zero attached hydrogens (tertiary/aromatic N) is 1. The lowest BCUT2D eigenvalue weighted by molar-refractivity contribution is 0.0787. The molecule has 0 aliphatic rings. The summed E-state index contributed by atoms with van der Waals surface area (Å²) in [5.41, 5.74) is 5.66. The monoisotopic (exact) mass is 237 g/mol. The van der Waals surface area contributed by atoms with Gasteiger partial charge in [0.15, 0.2) is 0 Å². The van der Waals surface area contributed by atoms with Crippen molar-refractivity contribution in [2.24, 2.45) is 5.73 Å². The highest BCUT2D eigenvalue weighted by Gasteiger charge is 2.07. The van der Waals surface area contributed by atoms with Crippen molar-refractivity contribution in [2.45, 2.75) is 26.4 Å². The summed E-state index contributed by atoms with van der Waals surface area (Å²) in [7, 11) is 0. The Morgan fingerprint density at radius 1 is 1.59 bits per heavy atom. The first-order valence-electron chi connectivity index (χ1n) is 5.71. The molecule has 5 nitrogen and oxygen atoms in total. The van der Waals surface area contributed by atoms with Crippen LogP contribution in [0.5, 0.6) is 0 Å². The predicted molar refractivity (Wildman–Crippen MR) is 66.9 cm³/mol. The zero-order chi connectivity index (χ0) is 12.7. The minimum Gasteiger partial charge on any atom is -0.379 e. The Hall–Kier alpha value is -1.62. The Morgan fingerprint density at radius 3 is 3.00 bits per heavy atom. The van der Waals surface area contributed by atoms with E-state index in [1.54, 1.807) is 18.3 Å². The summed E-state index contributed by atoms with van der Waals surface area (Å²) in [5, 5.41) is 3.08. The molecule has 0 unspecified atom stereocenters. The Bertz CT molecular complexity index is 367. The molecule has 0 aliphatic carbocycles. The van der Waals surface area contributed by atoms with E-state index in [2.05, 4.69) is 10.3 Å². The molecule has 1 rings (SSSR count). The highest BCUT2D eigenvalue weighted by Crippen LogP contribution is 2.10. The molecule has 0 saturated carbocycles. The van der Waals surface area contributed by atoms with Crippen molar-refractivity contribution in [3.05, 3.63) is 23.9 Å². The van der Waals surface area contributed by atoms with E-state index >= 15 is 0 Å². The fraction of sp³-hybridized carbons (Fsp3) is 0.500. The van der Waals surface area contributed by atoms with Crippen molar-refractivity contribution in [3.63, 3.8) is 0 Å². The Morgan fingerprint density at radius 2 is 2.35 bits per heavy atom. The molecule has 5 heteroatoms. The van der Waals surface area contributed by atoms with E-state index in [0.29, 0.717) is 24.5 Å². The molecule has 0 aliphatic heterocycles. The minimum atomic E-state index is -0.473. The number of nitrogens with one attached hydrogen (secondary N) is 1. The summed E-state index contributed by atoms with van der Waals surface area (Å²) in [6.07, 6.45) is 2.72. The molecule has 0 atom stereocenters. The van der Waals surface area contributed by atoms with Gasteiger partial charge in [0.2, 0.25) is 0 Å². The van der Waals surface area contributed by atoms with Gasteiger partial charge in [-0.15, -0.1) is 0 Å². The number of primary amides is 1. The third-order valence-corrected chi connectivity index (χ3v) is 2.14. The van der Waals surface area contributed by atoms with Gasteiger partial charge in [-0.2, -0.15) is 0 Å². The van der Waals surface area contributed by atoms with E-state index in [4.69, 9.17) is 10.5 Å². The maximum Gasteiger partial charge on any atom is 0.252 e. The maximum atomic E-state index is 11.1. The molecule has 3 N–H and O–H groups in total. The van der Waals surface area contributed by atoms with E-state index in [1.807, 2.05) is 13.8 Å². The van der Waals surface area contributed by atoms with Crippen LogP contribution in [0.25, 0.3) is 0 Å². The lowest BCUT2D eigenvalue weighted by atomic mass is 10.2. The van der Waals surface area contributed by atoms with Crippen molar-refractivity contribution in [1.29, 1.82) is 0 Å². The first-order chi connectivity index (χ1) is 8.11. The molecule has 0 aromatic carbocycles. The number of anilines is 1. The number of carbonyl (C=O) groups excluding carboxylic acids is 1. The number of hydrogen-bond acceptors (Lipinski definition) is 4. The van der Waals surface area contributed by atoms with Gasteiger partial charge in [0, 0.05) is 19.3 Å². The summed E-state index contributed by atoms with van der Waals surface area (Å²) in [4.78, 5) is 15.2. The highest BCUT2D eigenvalue weighted by molar-refractivity contribution is 5.97. The molecule has 17 heavy (non-hydrogen) atoms. The van der Waals surface area contributed by atoms with Crippen LogP contribution in [0.3, 0.4) is 0 Å². The molecule has 1 aromatic rings. The molecule has 94 valence electrons. The summed E-state index contributed by atoms with van der Waals surface area (Å²) in [6.45, 7) is 5.38. The van der Waals surface area contributed by atoms with E-state index in [1.165, 1.54) is 0 Å². The lowest BCUT2D eigenvalue weighted by Gasteiger charge is -2.10. The number of pyridine rings is 1. The zero-order valence-corrected chi connectivity index (χ0v) is 10.3. The first-order valence-corrected chi connectivity index (χ1v) is 5.71.